The van der Waals surface area contributed by atoms with Crippen LogP contribution in [0.1, 0.15) is 45.6 Å². The van der Waals surface area contributed by atoms with Crippen LogP contribution in [-0.2, 0) is 11.3 Å². The number of hydrogen-bond donors (Lipinski definition) is 2. The van der Waals surface area contributed by atoms with Gasteiger partial charge in [-0.3, -0.25) is 4.79 Å². The Morgan fingerprint density at radius 2 is 1.92 bits per heavy atom. The number of benzene rings is 1. The van der Waals surface area contributed by atoms with Crippen molar-refractivity contribution in [3.8, 4) is 0 Å². The Morgan fingerprint density at radius 3 is 2.56 bits per heavy atom. The molecule has 1 saturated heterocycles. The second-order valence-corrected chi connectivity index (χ2v) is 7.23. The van der Waals surface area contributed by atoms with Gasteiger partial charge in [-0.25, -0.2) is 4.79 Å². The molecule has 2 atom stereocenters. The van der Waals surface area contributed by atoms with Crippen LogP contribution in [-0.4, -0.2) is 36.0 Å². The van der Waals surface area contributed by atoms with Crippen molar-refractivity contribution >= 4 is 11.9 Å². The third-order valence-electron chi connectivity index (χ3n) is 4.90. The molecule has 0 aromatic heterocycles. The number of carbonyl (C=O) groups excluding carboxylic acids is 2. The molecule has 25 heavy (non-hydrogen) atoms. The molecular weight excluding hydrogens is 314 g/mol. The predicted octanol–water partition coefficient (Wildman–Crippen LogP) is 3.16. The van der Waals surface area contributed by atoms with Crippen LogP contribution in [0.25, 0.3) is 0 Å². The van der Waals surface area contributed by atoms with Gasteiger partial charge in [0, 0.05) is 32.1 Å². The Labute approximate surface area is 151 Å². The van der Waals surface area contributed by atoms with Gasteiger partial charge in [-0.15, -0.1) is 0 Å². The van der Waals surface area contributed by atoms with E-state index >= 15 is 0 Å². The summed E-state index contributed by atoms with van der Waals surface area (Å²) in [6, 6.07) is 10.1. The van der Waals surface area contributed by atoms with E-state index in [1.807, 2.05) is 49.1 Å². The van der Waals surface area contributed by atoms with Gasteiger partial charge in [-0.05, 0) is 37.7 Å². The molecule has 2 rings (SSSR count). The van der Waals surface area contributed by atoms with Crippen LogP contribution >= 0.6 is 0 Å². The molecule has 1 aromatic carbocycles. The van der Waals surface area contributed by atoms with Crippen molar-refractivity contribution in [1.29, 1.82) is 0 Å². The summed E-state index contributed by atoms with van der Waals surface area (Å²) in [7, 11) is 0. The predicted molar refractivity (Wildman–Crippen MR) is 100 cm³/mol. The monoisotopic (exact) mass is 345 g/mol. The molecule has 1 fully saturated rings. The van der Waals surface area contributed by atoms with E-state index in [9.17, 15) is 9.59 Å². The summed E-state index contributed by atoms with van der Waals surface area (Å²) in [5.41, 5.74) is 1.11. The minimum Gasteiger partial charge on any atom is -0.352 e. The number of amides is 3. The van der Waals surface area contributed by atoms with Crippen molar-refractivity contribution in [3.63, 3.8) is 0 Å². The molecule has 1 aromatic rings. The Morgan fingerprint density at radius 1 is 1.20 bits per heavy atom. The number of urea groups is 1. The topological polar surface area (TPSA) is 61.4 Å². The van der Waals surface area contributed by atoms with E-state index < -0.39 is 0 Å². The second-order valence-electron chi connectivity index (χ2n) is 7.23. The lowest BCUT2D eigenvalue weighted by Gasteiger charge is -2.38. The molecule has 0 spiro atoms. The van der Waals surface area contributed by atoms with E-state index in [1.165, 1.54) is 0 Å². The van der Waals surface area contributed by atoms with Crippen LogP contribution in [0.15, 0.2) is 30.3 Å². The van der Waals surface area contributed by atoms with Crippen molar-refractivity contribution in [3.05, 3.63) is 35.9 Å². The Hall–Kier alpha value is -2.04. The number of likely N-dealkylation sites (tertiary alicyclic amines) is 1. The highest BCUT2D eigenvalue weighted by molar-refractivity contribution is 5.76. The van der Waals surface area contributed by atoms with Gasteiger partial charge in [-0.2, -0.15) is 0 Å². The summed E-state index contributed by atoms with van der Waals surface area (Å²) >= 11 is 0. The lowest BCUT2D eigenvalue weighted by Crippen LogP contribution is -2.50. The summed E-state index contributed by atoms with van der Waals surface area (Å²) in [4.78, 5) is 26.4. The fourth-order valence-corrected chi connectivity index (χ4v) is 3.44. The van der Waals surface area contributed by atoms with Crippen molar-refractivity contribution in [1.82, 2.24) is 15.5 Å². The average molecular weight is 345 g/mol. The first-order valence-corrected chi connectivity index (χ1v) is 9.35. The molecule has 1 heterocycles. The number of hydrogen-bond acceptors (Lipinski definition) is 2. The van der Waals surface area contributed by atoms with Crippen LogP contribution in [0.5, 0.6) is 0 Å². The van der Waals surface area contributed by atoms with Crippen molar-refractivity contribution in [2.24, 2.45) is 11.8 Å². The lowest BCUT2D eigenvalue weighted by molar-refractivity contribution is -0.123. The highest BCUT2D eigenvalue weighted by Gasteiger charge is 2.31. The number of rotatable bonds is 6. The van der Waals surface area contributed by atoms with Crippen LogP contribution < -0.4 is 10.6 Å². The van der Waals surface area contributed by atoms with E-state index in [0.717, 1.165) is 31.5 Å². The Kier molecular flexibility index (Phi) is 7.29. The minimum atomic E-state index is 0.0143. The quantitative estimate of drug-likeness (QED) is 0.832. The van der Waals surface area contributed by atoms with Crippen molar-refractivity contribution < 1.29 is 9.59 Å². The van der Waals surface area contributed by atoms with Gasteiger partial charge in [0.2, 0.25) is 5.91 Å². The highest BCUT2D eigenvalue weighted by atomic mass is 16.2. The van der Waals surface area contributed by atoms with Gasteiger partial charge >= 0.3 is 6.03 Å². The first kappa shape index (κ1) is 19.3. The van der Waals surface area contributed by atoms with Gasteiger partial charge in [0.1, 0.15) is 0 Å². The molecule has 3 amide bonds. The molecule has 1 aliphatic heterocycles. The third-order valence-corrected chi connectivity index (χ3v) is 4.90. The Balaban J connectivity index is 1.81. The van der Waals surface area contributed by atoms with Gasteiger partial charge in [-0.1, -0.05) is 43.7 Å². The normalized spacial score (nSPS) is 20.4. The van der Waals surface area contributed by atoms with E-state index in [0.29, 0.717) is 24.8 Å². The average Bonchev–Trinajstić information content (AvgIpc) is 2.60. The molecule has 2 N–H and O–H groups in total. The van der Waals surface area contributed by atoms with Crippen LogP contribution in [0.2, 0.25) is 0 Å². The van der Waals surface area contributed by atoms with Gasteiger partial charge in [0.15, 0.2) is 0 Å². The zero-order chi connectivity index (χ0) is 18.2. The lowest BCUT2D eigenvalue weighted by atomic mass is 9.81. The maximum atomic E-state index is 12.3. The maximum absolute atomic E-state index is 12.3. The van der Waals surface area contributed by atoms with Crippen LogP contribution in [0.4, 0.5) is 4.79 Å². The molecule has 1 aliphatic rings. The van der Waals surface area contributed by atoms with Crippen molar-refractivity contribution in [2.75, 3.05) is 13.1 Å². The largest absolute Gasteiger partial charge is 0.352 e. The number of nitrogens with zero attached hydrogens (tertiary/aromatic N) is 1. The summed E-state index contributed by atoms with van der Waals surface area (Å²) in [6.45, 7) is 8.13. The molecular formula is C20H31N3O2. The first-order valence-electron chi connectivity index (χ1n) is 9.35. The number of piperidine rings is 1. The summed E-state index contributed by atoms with van der Waals surface area (Å²) in [6.07, 6.45) is 2.43. The summed E-state index contributed by atoms with van der Waals surface area (Å²) in [5.74, 6) is 0.838. The summed E-state index contributed by atoms with van der Waals surface area (Å²) in [5, 5.41) is 5.98. The molecule has 5 nitrogen and oxygen atoms in total. The van der Waals surface area contributed by atoms with E-state index in [-0.39, 0.29) is 18.0 Å². The third kappa shape index (κ3) is 6.07. The zero-order valence-corrected chi connectivity index (χ0v) is 15.6. The zero-order valence-electron chi connectivity index (χ0n) is 15.6. The van der Waals surface area contributed by atoms with Crippen LogP contribution in [0.3, 0.4) is 0 Å². The van der Waals surface area contributed by atoms with E-state index in [1.54, 1.807) is 0 Å². The minimum absolute atomic E-state index is 0.0143. The molecule has 138 valence electrons. The highest BCUT2D eigenvalue weighted by Crippen LogP contribution is 2.29. The fourth-order valence-electron chi connectivity index (χ4n) is 3.44. The van der Waals surface area contributed by atoms with Crippen LogP contribution in [0, 0.1) is 11.8 Å². The second kappa shape index (κ2) is 9.44. The molecule has 0 aliphatic carbocycles. The summed E-state index contributed by atoms with van der Waals surface area (Å²) < 4.78 is 0. The standard InChI is InChI=1S/C20H31N3O2/c1-4-17-14-23(20(25)22-15(2)3)11-10-18(17)12-19(24)21-13-16-8-6-5-7-9-16/h5-9,15,17-18H,4,10-14H2,1-3H3,(H,21,24)(H,22,25)/t17-,18+/m1/s1. The molecule has 0 radical (unpaired) electrons. The first-order chi connectivity index (χ1) is 12.0. The number of nitrogens with one attached hydrogen (secondary N) is 2. The molecule has 5 heteroatoms. The molecule has 0 unspecified atom stereocenters. The Bertz CT molecular complexity index is 559. The molecule has 0 saturated carbocycles. The van der Waals surface area contributed by atoms with Gasteiger partial charge < -0.3 is 15.5 Å². The van der Waals surface area contributed by atoms with E-state index in [4.69, 9.17) is 0 Å². The van der Waals surface area contributed by atoms with E-state index in [2.05, 4.69) is 17.6 Å². The smallest absolute Gasteiger partial charge is 0.317 e. The number of carbonyl (C=O) groups is 2. The SMILES string of the molecule is CC[C@@H]1CN(C(=O)NC(C)C)CC[C@H]1CC(=O)NCc1ccccc1. The fraction of sp³-hybridized carbons (Fsp3) is 0.600. The molecule has 0 bridgehead atoms. The van der Waals surface area contributed by atoms with Gasteiger partial charge in [0.05, 0.1) is 0 Å². The van der Waals surface area contributed by atoms with Gasteiger partial charge in [0.25, 0.3) is 0 Å². The van der Waals surface area contributed by atoms with Crippen molar-refractivity contribution in [2.45, 2.75) is 52.6 Å². The maximum Gasteiger partial charge on any atom is 0.317 e.